The number of carbonyl (C=O) groups is 1. The number of hydrogen-bond donors (Lipinski definition) is 0. The van der Waals surface area contributed by atoms with Gasteiger partial charge in [0.15, 0.2) is 16.3 Å². The molecule has 0 N–H and O–H groups in total. The van der Waals surface area contributed by atoms with Gasteiger partial charge in [-0.1, -0.05) is 61.1 Å². The molecule has 1 aliphatic heterocycles. The lowest BCUT2D eigenvalue weighted by molar-refractivity contribution is -0.139. The number of benzene rings is 3. The molecule has 9 nitrogen and oxygen atoms in total. The number of fused-ring (bicyclic) bond motifs is 1. The molecular weight excluding hydrogens is 592 g/mol. The van der Waals surface area contributed by atoms with E-state index in [4.69, 9.17) is 28.7 Å². The number of rotatable bonds is 12. The lowest BCUT2D eigenvalue weighted by Gasteiger charge is -2.27. The lowest BCUT2D eigenvalue weighted by atomic mass is 9.93. The maximum atomic E-state index is 14.2. The summed E-state index contributed by atoms with van der Waals surface area (Å²) >= 11 is 1.26. The number of ether oxygens (including phenoxy) is 5. The number of esters is 1. The molecule has 5 rings (SSSR count). The molecule has 0 spiro atoms. The molecular formula is C35H36N2O7S. The second-order valence-electron chi connectivity index (χ2n) is 10.2. The molecule has 1 aliphatic rings. The van der Waals surface area contributed by atoms with Crippen molar-refractivity contribution in [1.29, 1.82) is 0 Å². The van der Waals surface area contributed by atoms with E-state index in [9.17, 15) is 9.59 Å². The SMILES string of the molecule is CCCC1=C(C(=O)OCC)[C@@H](c2cc(OC)ccc2OC)n2c(s/c(=C\c3ccc(OCc4ccccc4)c(OC)c3)c2=O)=N1. The van der Waals surface area contributed by atoms with Crippen molar-refractivity contribution in [3.63, 3.8) is 0 Å². The molecule has 3 aromatic carbocycles. The zero-order valence-electron chi connectivity index (χ0n) is 26.0. The van der Waals surface area contributed by atoms with Gasteiger partial charge < -0.3 is 23.7 Å². The van der Waals surface area contributed by atoms with E-state index in [0.29, 0.717) is 62.2 Å². The van der Waals surface area contributed by atoms with Crippen LogP contribution in [-0.4, -0.2) is 38.5 Å². The van der Waals surface area contributed by atoms with Crippen molar-refractivity contribution >= 4 is 23.4 Å². The second-order valence-corrected chi connectivity index (χ2v) is 11.2. The maximum absolute atomic E-state index is 14.2. The van der Waals surface area contributed by atoms with E-state index in [1.807, 2.05) is 55.5 Å². The predicted octanol–water partition coefficient (Wildman–Crippen LogP) is 5.18. The molecule has 1 aromatic heterocycles. The largest absolute Gasteiger partial charge is 0.497 e. The Morgan fingerprint density at radius 3 is 2.38 bits per heavy atom. The third-order valence-electron chi connectivity index (χ3n) is 7.35. The standard InChI is InChI=1S/C35H36N2O7S/c1-6-11-26-31(34(39)43-7-2)32(25-20-24(40-3)15-17-27(25)41-4)37-33(38)30(45-35(37)36-26)19-23-14-16-28(29(18-23)42-5)44-21-22-12-9-8-10-13-22/h8-10,12-20,32H,6-7,11,21H2,1-5H3/b30-19-/t32-/m1/s1. The van der Waals surface area contributed by atoms with Gasteiger partial charge >= 0.3 is 5.97 Å². The van der Waals surface area contributed by atoms with E-state index >= 15 is 0 Å². The van der Waals surface area contributed by atoms with Gasteiger partial charge in [0.05, 0.1) is 43.7 Å². The topological polar surface area (TPSA) is 97.6 Å². The van der Waals surface area contributed by atoms with Crippen molar-refractivity contribution in [3.8, 4) is 23.0 Å². The number of nitrogens with zero attached hydrogens (tertiary/aromatic N) is 2. The van der Waals surface area contributed by atoms with Gasteiger partial charge in [-0.25, -0.2) is 9.79 Å². The highest BCUT2D eigenvalue weighted by molar-refractivity contribution is 7.07. The van der Waals surface area contributed by atoms with Crippen molar-refractivity contribution < 1.29 is 28.5 Å². The highest BCUT2D eigenvalue weighted by atomic mass is 32.1. The summed E-state index contributed by atoms with van der Waals surface area (Å²) in [6.07, 6.45) is 3.07. The molecule has 0 fully saturated rings. The quantitative estimate of drug-likeness (QED) is 0.200. The monoisotopic (exact) mass is 628 g/mol. The molecule has 0 amide bonds. The van der Waals surface area contributed by atoms with Gasteiger partial charge in [0.25, 0.3) is 5.56 Å². The first-order chi connectivity index (χ1) is 21.9. The Morgan fingerprint density at radius 1 is 0.933 bits per heavy atom. The van der Waals surface area contributed by atoms with Gasteiger partial charge in [-0.05, 0) is 60.9 Å². The number of thiazole rings is 1. The number of hydrogen-bond acceptors (Lipinski definition) is 9. The van der Waals surface area contributed by atoms with Crippen LogP contribution in [0, 0.1) is 0 Å². The highest BCUT2D eigenvalue weighted by Gasteiger charge is 2.36. The van der Waals surface area contributed by atoms with E-state index in [0.717, 1.165) is 17.5 Å². The lowest BCUT2D eigenvalue weighted by Crippen LogP contribution is -2.40. The Kier molecular flexibility index (Phi) is 10.0. The number of aromatic nitrogens is 1. The van der Waals surface area contributed by atoms with E-state index in [2.05, 4.69) is 0 Å². The molecule has 2 heterocycles. The number of methoxy groups -OCH3 is 3. The van der Waals surface area contributed by atoms with Gasteiger partial charge in [0, 0.05) is 5.56 Å². The zero-order chi connectivity index (χ0) is 31.9. The Bertz CT molecular complexity index is 1890. The average molecular weight is 629 g/mol. The van der Waals surface area contributed by atoms with E-state index in [1.165, 1.54) is 11.3 Å². The van der Waals surface area contributed by atoms with Crippen molar-refractivity contribution in [2.75, 3.05) is 27.9 Å². The van der Waals surface area contributed by atoms with Gasteiger partial charge in [-0.15, -0.1) is 0 Å². The highest BCUT2D eigenvalue weighted by Crippen LogP contribution is 2.39. The average Bonchev–Trinajstić information content (AvgIpc) is 3.37. The van der Waals surface area contributed by atoms with E-state index < -0.39 is 12.0 Å². The van der Waals surface area contributed by atoms with Crippen LogP contribution in [0.25, 0.3) is 6.08 Å². The van der Waals surface area contributed by atoms with Crippen LogP contribution in [0.1, 0.15) is 49.4 Å². The van der Waals surface area contributed by atoms with Crippen LogP contribution in [0.5, 0.6) is 23.0 Å². The number of allylic oxidation sites excluding steroid dienone is 1. The Balaban J connectivity index is 1.64. The minimum Gasteiger partial charge on any atom is -0.497 e. The minimum atomic E-state index is -0.836. The Morgan fingerprint density at radius 2 is 1.69 bits per heavy atom. The van der Waals surface area contributed by atoms with Crippen LogP contribution in [0.4, 0.5) is 0 Å². The summed E-state index contributed by atoms with van der Waals surface area (Å²) < 4.78 is 30.4. The van der Waals surface area contributed by atoms with Crippen molar-refractivity contribution in [2.24, 2.45) is 4.99 Å². The number of carbonyl (C=O) groups excluding carboxylic acids is 1. The zero-order valence-corrected chi connectivity index (χ0v) is 26.8. The molecule has 0 bridgehead atoms. The van der Waals surface area contributed by atoms with Gasteiger partial charge in [-0.2, -0.15) is 0 Å². The fraction of sp³-hybridized carbons (Fsp3) is 0.286. The van der Waals surface area contributed by atoms with Gasteiger partial charge in [-0.3, -0.25) is 9.36 Å². The molecule has 10 heteroatoms. The molecule has 0 unspecified atom stereocenters. The smallest absolute Gasteiger partial charge is 0.338 e. The molecule has 45 heavy (non-hydrogen) atoms. The minimum absolute atomic E-state index is 0.182. The summed E-state index contributed by atoms with van der Waals surface area (Å²) in [6, 6.07) is 19.9. The fourth-order valence-electron chi connectivity index (χ4n) is 5.25. The van der Waals surface area contributed by atoms with E-state index in [-0.39, 0.29) is 12.2 Å². The first-order valence-corrected chi connectivity index (χ1v) is 15.5. The van der Waals surface area contributed by atoms with Crippen LogP contribution in [0.2, 0.25) is 0 Å². The molecule has 0 radical (unpaired) electrons. The predicted molar refractivity (Wildman–Crippen MR) is 173 cm³/mol. The molecule has 234 valence electrons. The van der Waals surface area contributed by atoms with Crippen LogP contribution in [0.3, 0.4) is 0 Å². The van der Waals surface area contributed by atoms with Gasteiger partial charge in [0.1, 0.15) is 24.1 Å². The van der Waals surface area contributed by atoms with E-state index in [1.54, 1.807) is 57.1 Å². The molecule has 0 saturated heterocycles. The first-order valence-electron chi connectivity index (χ1n) is 14.7. The summed E-state index contributed by atoms with van der Waals surface area (Å²) in [4.78, 5) is 33.1. The van der Waals surface area contributed by atoms with Crippen LogP contribution in [-0.2, 0) is 16.1 Å². The molecule has 0 aliphatic carbocycles. The van der Waals surface area contributed by atoms with Crippen LogP contribution in [0.15, 0.2) is 87.8 Å². The molecule has 1 atom stereocenters. The summed E-state index contributed by atoms with van der Waals surface area (Å²) in [6.45, 7) is 4.34. The molecule has 0 saturated carbocycles. The third-order valence-corrected chi connectivity index (χ3v) is 8.33. The summed E-state index contributed by atoms with van der Waals surface area (Å²) in [5, 5.41) is 0. The Hall–Kier alpha value is -4.83. The second kappa shape index (κ2) is 14.3. The van der Waals surface area contributed by atoms with Crippen LogP contribution < -0.4 is 33.8 Å². The van der Waals surface area contributed by atoms with Crippen molar-refractivity contribution in [2.45, 2.75) is 39.3 Å². The van der Waals surface area contributed by atoms with Gasteiger partial charge in [0.2, 0.25) is 0 Å². The first kappa shape index (κ1) is 31.6. The fourth-order valence-corrected chi connectivity index (χ4v) is 6.27. The summed E-state index contributed by atoms with van der Waals surface area (Å²) in [5.41, 5.74) is 2.98. The van der Waals surface area contributed by atoms with Crippen LogP contribution >= 0.6 is 11.3 Å². The third kappa shape index (κ3) is 6.66. The Labute approximate surface area is 265 Å². The normalized spacial score (nSPS) is 14.4. The molecule has 4 aromatic rings. The summed E-state index contributed by atoms with van der Waals surface area (Å²) in [7, 11) is 4.69. The maximum Gasteiger partial charge on any atom is 0.338 e. The summed E-state index contributed by atoms with van der Waals surface area (Å²) in [5.74, 6) is 1.68. The van der Waals surface area contributed by atoms with Crippen molar-refractivity contribution in [1.82, 2.24) is 4.57 Å². The van der Waals surface area contributed by atoms with Crippen molar-refractivity contribution in [3.05, 3.63) is 114 Å².